The number of hydrogen-bond donors (Lipinski definition) is 2. The Kier molecular flexibility index (Phi) is 4.98. The van der Waals surface area contributed by atoms with Crippen LogP contribution in [0.2, 0.25) is 0 Å². The molecule has 0 spiro atoms. The van der Waals surface area contributed by atoms with Gasteiger partial charge in [-0.15, -0.1) is 0 Å². The van der Waals surface area contributed by atoms with Crippen LogP contribution in [-0.4, -0.2) is 56.1 Å². The Morgan fingerprint density at radius 1 is 1.33 bits per heavy atom. The highest BCUT2D eigenvalue weighted by atomic mass is 16.5. The Morgan fingerprint density at radius 3 is 2.82 bits per heavy atom. The third-order valence-electron chi connectivity index (χ3n) is 6.46. The van der Waals surface area contributed by atoms with Gasteiger partial charge in [-0.2, -0.15) is 10.4 Å². The van der Waals surface area contributed by atoms with Crippen molar-refractivity contribution >= 4 is 17.3 Å². The molecule has 170 valence electrons. The summed E-state index contributed by atoms with van der Waals surface area (Å²) in [4.78, 5) is 18.1. The minimum absolute atomic E-state index is 0.107. The summed E-state index contributed by atoms with van der Waals surface area (Å²) in [6.45, 7) is 4.94. The van der Waals surface area contributed by atoms with Gasteiger partial charge in [0.1, 0.15) is 24.2 Å². The predicted molar refractivity (Wildman–Crippen MR) is 120 cm³/mol. The molecule has 1 saturated heterocycles. The van der Waals surface area contributed by atoms with Gasteiger partial charge in [0.2, 0.25) is 0 Å². The second kappa shape index (κ2) is 7.74. The minimum atomic E-state index is -0.991. The number of aliphatic hydroxyl groups is 1. The Morgan fingerprint density at radius 2 is 2.15 bits per heavy atom. The van der Waals surface area contributed by atoms with Crippen LogP contribution >= 0.6 is 0 Å². The number of aromatic nitrogens is 3. The first-order chi connectivity index (χ1) is 15.7. The van der Waals surface area contributed by atoms with Crippen LogP contribution in [0.4, 0.5) is 5.82 Å². The molecule has 0 radical (unpaired) electrons. The van der Waals surface area contributed by atoms with E-state index in [4.69, 9.17) is 4.74 Å². The standard InChI is InChI=1S/C24H25N5O4/c1-24(2,32)13-33-16-7-18(22-15(8-25)10-27-29(22)11-16)14-3-4-20(26-9-14)28-6-5-17-19(12-28)21(17)23(30)31/h3-4,7,9-11,17,19,21,32H,5-6,12-13H2,1-2H3,(H,30,31)/t17?,19-,21-/m0/s1. The second-order valence-corrected chi connectivity index (χ2v) is 9.49. The van der Waals surface area contributed by atoms with E-state index in [1.54, 1.807) is 30.8 Å². The van der Waals surface area contributed by atoms with Crippen molar-refractivity contribution in [3.63, 3.8) is 0 Å². The number of piperidine rings is 1. The molecule has 0 aromatic carbocycles. The highest BCUT2D eigenvalue weighted by molar-refractivity contribution is 5.85. The van der Waals surface area contributed by atoms with Gasteiger partial charge >= 0.3 is 5.97 Å². The van der Waals surface area contributed by atoms with E-state index in [-0.39, 0.29) is 18.4 Å². The van der Waals surface area contributed by atoms with Crippen molar-refractivity contribution in [2.75, 3.05) is 24.6 Å². The highest BCUT2D eigenvalue weighted by Gasteiger charge is 2.57. The SMILES string of the molecule is CC(C)(O)COc1cc(-c2ccc(N3CCC4[C@H](C3)[C@H]4C(=O)O)nc2)c2c(C#N)cnn2c1. The summed E-state index contributed by atoms with van der Waals surface area (Å²) in [5.41, 5.74) is 1.67. The molecule has 9 heteroatoms. The molecule has 2 fully saturated rings. The molecule has 9 nitrogen and oxygen atoms in total. The lowest BCUT2D eigenvalue weighted by molar-refractivity contribution is -0.139. The number of nitriles is 1. The van der Waals surface area contributed by atoms with Gasteiger partial charge in [0, 0.05) is 30.4 Å². The number of carboxylic acid groups (broad SMARTS) is 1. The van der Waals surface area contributed by atoms with Crippen LogP contribution in [0.25, 0.3) is 16.6 Å². The maximum absolute atomic E-state index is 11.4. The smallest absolute Gasteiger partial charge is 0.307 e. The molecule has 3 atom stereocenters. The third-order valence-corrected chi connectivity index (χ3v) is 6.46. The van der Waals surface area contributed by atoms with E-state index in [1.807, 2.05) is 18.2 Å². The maximum Gasteiger partial charge on any atom is 0.307 e. The fourth-order valence-corrected chi connectivity index (χ4v) is 4.78. The van der Waals surface area contributed by atoms with Crippen LogP contribution in [0.15, 0.2) is 36.8 Å². The number of hydrogen-bond acceptors (Lipinski definition) is 7. The van der Waals surface area contributed by atoms with Crippen molar-refractivity contribution in [1.82, 2.24) is 14.6 Å². The van der Waals surface area contributed by atoms with E-state index in [0.717, 1.165) is 29.9 Å². The number of anilines is 1. The van der Waals surface area contributed by atoms with Crippen LogP contribution in [0.1, 0.15) is 25.8 Å². The van der Waals surface area contributed by atoms with E-state index in [9.17, 15) is 20.3 Å². The zero-order valence-electron chi connectivity index (χ0n) is 18.5. The minimum Gasteiger partial charge on any atom is -0.489 e. The van der Waals surface area contributed by atoms with Crippen LogP contribution in [0.5, 0.6) is 5.75 Å². The lowest BCUT2D eigenvalue weighted by atomic mass is 10.0. The van der Waals surface area contributed by atoms with E-state index < -0.39 is 11.6 Å². The Balaban J connectivity index is 1.44. The fraction of sp³-hybridized carbons (Fsp3) is 0.417. The Hall–Kier alpha value is -3.64. The summed E-state index contributed by atoms with van der Waals surface area (Å²) in [5, 5.41) is 33.2. The largest absolute Gasteiger partial charge is 0.489 e. The van der Waals surface area contributed by atoms with Crippen molar-refractivity contribution in [3.05, 3.63) is 42.4 Å². The highest BCUT2D eigenvalue weighted by Crippen LogP contribution is 2.52. The molecular weight excluding hydrogens is 422 g/mol. The average Bonchev–Trinajstić information content (AvgIpc) is 3.37. The van der Waals surface area contributed by atoms with Gasteiger partial charge in [-0.05, 0) is 50.3 Å². The molecule has 2 N–H and O–H groups in total. The number of pyridine rings is 2. The lowest BCUT2D eigenvalue weighted by Crippen LogP contribution is -2.31. The summed E-state index contributed by atoms with van der Waals surface area (Å²) < 4.78 is 7.38. The number of nitrogens with zero attached hydrogens (tertiary/aromatic N) is 5. The molecule has 0 bridgehead atoms. The first-order valence-electron chi connectivity index (χ1n) is 11.0. The zero-order valence-corrected chi connectivity index (χ0v) is 18.5. The third kappa shape index (κ3) is 3.98. The maximum atomic E-state index is 11.4. The van der Waals surface area contributed by atoms with Gasteiger partial charge in [0.25, 0.3) is 0 Å². The van der Waals surface area contributed by atoms with Gasteiger partial charge < -0.3 is 19.8 Å². The molecule has 3 aromatic rings. The van der Waals surface area contributed by atoms with Crippen molar-refractivity contribution in [2.45, 2.75) is 25.9 Å². The number of aliphatic carboxylic acids is 1. The molecule has 1 saturated carbocycles. The lowest BCUT2D eigenvalue weighted by Gasteiger charge is -2.27. The summed E-state index contributed by atoms with van der Waals surface area (Å²) in [5.74, 6) is 0.913. The van der Waals surface area contributed by atoms with Gasteiger partial charge in [-0.1, -0.05) is 0 Å². The second-order valence-electron chi connectivity index (χ2n) is 9.49. The molecule has 1 unspecified atom stereocenters. The van der Waals surface area contributed by atoms with Crippen LogP contribution in [0.3, 0.4) is 0 Å². The molecule has 33 heavy (non-hydrogen) atoms. The first kappa shape index (κ1) is 21.2. The van der Waals surface area contributed by atoms with Crippen molar-refractivity contribution in [2.24, 2.45) is 17.8 Å². The molecule has 5 rings (SSSR count). The number of carbonyl (C=O) groups is 1. The quantitative estimate of drug-likeness (QED) is 0.591. The summed E-state index contributed by atoms with van der Waals surface area (Å²) >= 11 is 0. The van der Waals surface area contributed by atoms with E-state index in [0.29, 0.717) is 29.3 Å². The van der Waals surface area contributed by atoms with E-state index in [2.05, 4.69) is 21.1 Å². The van der Waals surface area contributed by atoms with Crippen LogP contribution in [-0.2, 0) is 4.79 Å². The van der Waals surface area contributed by atoms with Crippen molar-refractivity contribution < 1.29 is 19.7 Å². The van der Waals surface area contributed by atoms with Crippen LogP contribution < -0.4 is 9.64 Å². The van der Waals surface area contributed by atoms with Crippen molar-refractivity contribution in [1.29, 1.82) is 5.26 Å². The zero-order chi connectivity index (χ0) is 23.3. The summed E-state index contributed by atoms with van der Waals surface area (Å²) in [6, 6.07) is 7.88. The van der Waals surface area contributed by atoms with Crippen molar-refractivity contribution in [3.8, 4) is 22.9 Å². The van der Waals surface area contributed by atoms with Gasteiger partial charge in [0.05, 0.1) is 35.0 Å². The first-order valence-corrected chi connectivity index (χ1v) is 11.0. The van der Waals surface area contributed by atoms with E-state index in [1.165, 1.54) is 6.20 Å². The van der Waals surface area contributed by atoms with Gasteiger partial charge in [0.15, 0.2) is 0 Å². The summed E-state index contributed by atoms with van der Waals surface area (Å²) in [6.07, 6.45) is 5.82. The Bertz CT molecular complexity index is 1250. The predicted octanol–water partition coefficient (Wildman–Crippen LogP) is 2.57. The average molecular weight is 447 g/mol. The molecule has 1 aliphatic carbocycles. The Labute approximate surface area is 190 Å². The fourth-order valence-electron chi connectivity index (χ4n) is 4.78. The molecule has 0 amide bonds. The molecule has 2 aliphatic rings. The monoisotopic (exact) mass is 447 g/mol. The number of ether oxygens (including phenoxy) is 1. The molecule has 3 aromatic heterocycles. The van der Waals surface area contributed by atoms with Gasteiger partial charge in [-0.3, -0.25) is 4.79 Å². The summed E-state index contributed by atoms with van der Waals surface area (Å²) in [7, 11) is 0. The van der Waals surface area contributed by atoms with E-state index >= 15 is 0 Å². The molecule has 4 heterocycles. The topological polar surface area (TPSA) is 124 Å². The van der Waals surface area contributed by atoms with Crippen LogP contribution in [0, 0.1) is 29.1 Å². The normalized spacial score (nSPS) is 22.0. The van der Waals surface area contributed by atoms with Gasteiger partial charge in [-0.25, -0.2) is 9.50 Å². The number of rotatable bonds is 6. The number of fused-ring (bicyclic) bond motifs is 2. The molecule has 1 aliphatic heterocycles. The number of carboxylic acids is 1. The molecular formula is C24H25N5O4.